The summed E-state index contributed by atoms with van der Waals surface area (Å²) in [6.07, 6.45) is 5.09. The molecule has 0 atom stereocenters. The van der Waals surface area contributed by atoms with Crippen LogP contribution in [0.3, 0.4) is 0 Å². The van der Waals surface area contributed by atoms with Crippen LogP contribution in [-0.4, -0.2) is 0 Å². The van der Waals surface area contributed by atoms with Gasteiger partial charge in [0.1, 0.15) is 0 Å². The highest BCUT2D eigenvalue weighted by molar-refractivity contribution is 5.85. The van der Waals surface area contributed by atoms with Gasteiger partial charge in [-0.05, 0) is 12.5 Å². The van der Waals surface area contributed by atoms with Gasteiger partial charge in [-0.1, -0.05) is 31.8 Å². The van der Waals surface area contributed by atoms with E-state index in [2.05, 4.69) is 25.3 Å². The van der Waals surface area contributed by atoms with Gasteiger partial charge in [0.2, 0.25) is 0 Å². The first-order valence-electron chi connectivity index (χ1n) is 3.01. The highest BCUT2D eigenvalue weighted by Crippen LogP contribution is 1.89. The van der Waals surface area contributed by atoms with Gasteiger partial charge in [0.25, 0.3) is 0 Å². The Kier molecular flexibility index (Phi) is 26.2. The minimum atomic E-state index is 0. The van der Waals surface area contributed by atoms with Crippen molar-refractivity contribution in [2.45, 2.75) is 26.2 Å². The Morgan fingerprint density at radius 2 is 2.00 bits per heavy atom. The topological polar surface area (TPSA) is 0 Å². The SMILES string of the molecule is C=CC#CCCCC.Cl.Cl. The number of hydrogen-bond donors (Lipinski definition) is 0. The van der Waals surface area contributed by atoms with Gasteiger partial charge in [-0.3, -0.25) is 0 Å². The molecule has 0 aliphatic carbocycles. The van der Waals surface area contributed by atoms with E-state index in [4.69, 9.17) is 0 Å². The van der Waals surface area contributed by atoms with Crippen molar-refractivity contribution >= 4 is 24.8 Å². The predicted molar refractivity (Wildman–Crippen MR) is 52.0 cm³/mol. The second-order valence-corrected chi connectivity index (χ2v) is 1.63. The molecular weight excluding hydrogens is 167 g/mol. The van der Waals surface area contributed by atoms with Gasteiger partial charge in [-0.15, -0.1) is 24.8 Å². The van der Waals surface area contributed by atoms with Gasteiger partial charge >= 0.3 is 0 Å². The number of halogens is 2. The van der Waals surface area contributed by atoms with E-state index < -0.39 is 0 Å². The average Bonchev–Trinajstić information content (AvgIpc) is 1.81. The lowest BCUT2D eigenvalue weighted by Gasteiger charge is -1.80. The van der Waals surface area contributed by atoms with Crippen LogP contribution >= 0.6 is 24.8 Å². The molecule has 0 saturated heterocycles. The van der Waals surface area contributed by atoms with Crippen LogP contribution in [0.4, 0.5) is 0 Å². The minimum Gasteiger partial charge on any atom is -0.147 e. The molecule has 0 rings (SSSR count). The van der Waals surface area contributed by atoms with Crippen LogP contribution < -0.4 is 0 Å². The Morgan fingerprint density at radius 1 is 1.40 bits per heavy atom. The normalized spacial score (nSPS) is 5.70. The monoisotopic (exact) mass is 180 g/mol. The molecule has 2 heteroatoms. The highest BCUT2D eigenvalue weighted by atomic mass is 35.5. The van der Waals surface area contributed by atoms with Gasteiger partial charge in [-0.2, -0.15) is 0 Å². The lowest BCUT2D eigenvalue weighted by molar-refractivity contribution is 0.828. The maximum absolute atomic E-state index is 3.48. The third-order valence-corrected chi connectivity index (χ3v) is 0.859. The molecule has 0 nitrogen and oxygen atoms in total. The smallest absolute Gasteiger partial charge is 0.00921 e. The molecule has 0 spiro atoms. The fraction of sp³-hybridized carbons (Fsp3) is 0.500. The summed E-state index contributed by atoms with van der Waals surface area (Å²) in [4.78, 5) is 0. The van der Waals surface area contributed by atoms with E-state index in [0.717, 1.165) is 6.42 Å². The van der Waals surface area contributed by atoms with Crippen LogP contribution in [0.25, 0.3) is 0 Å². The molecule has 0 saturated carbocycles. The first-order chi connectivity index (χ1) is 3.91. The van der Waals surface area contributed by atoms with Crippen LogP contribution in [0.15, 0.2) is 12.7 Å². The van der Waals surface area contributed by atoms with E-state index in [9.17, 15) is 0 Å². The van der Waals surface area contributed by atoms with Crippen molar-refractivity contribution in [3.05, 3.63) is 12.7 Å². The third-order valence-electron chi connectivity index (χ3n) is 0.859. The third kappa shape index (κ3) is 15.7. The predicted octanol–water partition coefficient (Wildman–Crippen LogP) is 3.21. The van der Waals surface area contributed by atoms with Gasteiger partial charge in [0.05, 0.1) is 0 Å². The van der Waals surface area contributed by atoms with Crippen LogP contribution in [0.1, 0.15) is 26.2 Å². The Morgan fingerprint density at radius 3 is 2.40 bits per heavy atom. The molecule has 0 aromatic carbocycles. The van der Waals surface area contributed by atoms with Crippen molar-refractivity contribution < 1.29 is 0 Å². The van der Waals surface area contributed by atoms with E-state index in [-0.39, 0.29) is 24.8 Å². The summed E-state index contributed by atoms with van der Waals surface area (Å²) in [5.74, 6) is 5.76. The molecule has 0 bridgehead atoms. The summed E-state index contributed by atoms with van der Waals surface area (Å²) in [5.41, 5.74) is 0. The van der Waals surface area contributed by atoms with Gasteiger partial charge in [-0.25, -0.2) is 0 Å². The minimum absolute atomic E-state index is 0. The lowest BCUT2D eigenvalue weighted by Crippen LogP contribution is -1.64. The quantitative estimate of drug-likeness (QED) is 0.453. The summed E-state index contributed by atoms with van der Waals surface area (Å²) >= 11 is 0. The molecular formula is C8H14Cl2. The number of unbranched alkanes of at least 4 members (excludes halogenated alkanes) is 2. The van der Waals surface area contributed by atoms with Crippen molar-refractivity contribution in [2.24, 2.45) is 0 Å². The Labute approximate surface area is 75.9 Å². The molecule has 0 amide bonds. The van der Waals surface area contributed by atoms with Crippen molar-refractivity contribution in [2.75, 3.05) is 0 Å². The molecule has 0 aromatic heterocycles. The van der Waals surface area contributed by atoms with Crippen LogP contribution in [0.5, 0.6) is 0 Å². The molecule has 0 aromatic rings. The Hall–Kier alpha value is -0.120. The summed E-state index contributed by atoms with van der Waals surface area (Å²) in [6, 6.07) is 0. The first-order valence-corrected chi connectivity index (χ1v) is 3.01. The first kappa shape index (κ1) is 16.5. The standard InChI is InChI=1S/C8H12.2ClH/c1-3-5-7-8-6-4-2;;/h3H,1,4,6,8H2,2H3;2*1H. The van der Waals surface area contributed by atoms with Crippen molar-refractivity contribution in [3.8, 4) is 11.8 Å². The summed E-state index contributed by atoms with van der Waals surface area (Å²) < 4.78 is 0. The molecule has 0 aliphatic heterocycles. The molecule has 0 heterocycles. The molecule has 60 valence electrons. The zero-order chi connectivity index (χ0) is 6.24. The Bertz CT molecular complexity index is 108. The van der Waals surface area contributed by atoms with Crippen LogP contribution in [0, 0.1) is 11.8 Å². The summed E-state index contributed by atoms with van der Waals surface area (Å²) in [7, 11) is 0. The molecule has 0 unspecified atom stereocenters. The molecule has 0 N–H and O–H groups in total. The van der Waals surface area contributed by atoms with E-state index in [0.29, 0.717) is 0 Å². The molecule has 0 fully saturated rings. The maximum Gasteiger partial charge on any atom is 0.00921 e. The average molecular weight is 181 g/mol. The van der Waals surface area contributed by atoms with E-state index in [1.54, 1.807) is 6.08 Å². The Balaban J connectivity index is -0.000000245. The summed E-state index contributed by atoms with van der Waals surface area (Å²) in [6.45, 7) is 5.65. The number of rotatable bonds is 2. The second kappa shape index (κ2) is 15.9. The van der Waals surface area contributed by atoms with Gasteiger partial charge < -0.3 is 0 Å². The van der Waals surface area contributed by atoms with E-state index in [1.807, 2.05) is 0 Å². The zero-order valence-electron chi connectivity index (χ0n) is 6.22. The molecule has 0 radical (unpaired) electrons. The maximum atomic E-state index is 3.48. The fourth-order valence-corrected chi connectivity index (χ4v) is 0.410. The van der Waals surface area contributed by atoms with Gasteiger partial charge in [0, 0.05) is 6.42 Å². The van der Waals surface area contributed by atoms with Crippen molar-refractivity contribution in [1.82, 2.24) is 0 Å². The second-order valence-electron chi connectivity index (χ2n) is 1.63. The van der Waals surface area contributed by atoms with Crippen LogP contribution in [-0.2, 0) is 0 Å². The van der Waals surface area contributed by atoms with E-state index in [1.165, 1.54) is 12.8 Å². The van der Waals surface area contributed by atoms with Gasteiger partial charge in [0.15, 0.2) is 0 Å². The molecule has 0 aliphatic rings. The number of hydrogen-bond acceptors (Lipinski definition) is 0. The van der Waals surface area contributed by atoms with Crippen molar-refractivity contribution in [1.29, 1.82) is 0 Å². The zero-order valence-corrected chi connectivity index (χ0v) is 7.86. The summed E-state index contributed by atoms with van der Waals surface area (Å²) in [5, 5.41) is 0. The largest absolute Gasteiger partial charge is 0.147 e. The number of allylic oxidation sites excluding steroid dienone is 1. The van der Waals surface area contributed by atoms with Crippen LogP contribution in [0.2, 0.25) is 0 Å². The molecule has 10 heavy (non-hydrogen) atoms. The van der Waals surface area contributed by atoms with E-state index >= 15 is 0 Å². The highest BCUT2D eigenvalue weighted by Gasteiger charge is 1.73. The van der Waals surface area contributed by atoms with Crippen molar-refractivity contribution in [3.63, 3.8) is 0 Å². The fourth-order valence-electron chi connectivity index (χ4n) is 0.410. The lowest BCUT2D eigenvalue weighted by atomic mass is 10.2.